The smallest absolute Gasteiger partial charge is 0.258 e. The number of nitro benzene ring substituents is 1. The second kappa shape index (κ2) is 7.41. The summed E-state index contributed by atoms with van der Waals surface area (Å²) in [5, 5.41) is 11.4. The molecular formula is C26H18N2O2. The maximum Gasteiger partial charge on any atom is 0.270 e. The Bertz CT molecular complexity index is 1260. The van der Waals surface area contributed by atoms with Gasteiger partial charge in [-0.15, -0.1) is 0 Å². The first-order valence-corrected chi connectivity index (χ1v) is 9.79. The van der Waals surface area contributed by atoms with Gasteiger partial charge in [0.25, 0.3) is 5.69 Å². The van der Waals surface area contributed by atoms with Crippen LogP contribution in [0, 0.1) is 10.1 Å². The van der Waals surface area contributed by atoms with Crippen LogP contribution in [0.3, 0.4) is 0 Å². The van der Waals surface area contributed by atoms with E-state index < -0.39 is 0 Å². The normalized spacial score (nSPS) is 14.8. The Balaban J connectivity index is 1.86. The van der Waals surface area contributed by atoms with Crippen molar-refractivity contribution in [2.45, 2.75) is 5.92 Å². The van der Waals surface area contributed by atoms with Crippen molar-refractivity contribution in [2.24, 2.45) is 4.99 Å². The topological polar surface area (TPSA) is 55.5 Å². The number of hydrogen-bond donors (Lipinski definition) is 0. The standard InChI is InChI=1S/C26H18N2O2/c29-28(30)20-15-16-24-23(17-20)21-13-7-8-14-22(21)25(18-9-3-1-4-10-18)26(27-24)19-11-5-2-6-12-19/h1-17,25H/t25-/m0/s1. The highest BCUT2D eigenvalue weighted by Crippen LogP contribution is 2.44. The zero-order valence-corrected chi connectivity index (χ0v) is 16.1. The predicted octanol–water partition coefficient (Wildman–Crippen LogP) is 6.53. The summed E-state index contributed by atoms with van der Waals surface area (Å²) in [6.45, 7) is 0. The maximum atomic E-state index is 11.4. The molecule has 0 radical (unpaired) electrons. The van der Waals surface area contributed by atoms with E-state index in [2.05, 4.69) is 30.3 Å². The molecule has 0 amide bonds. The fourth-order valence-electron chi connectivity index (χ4n) is 4.11. The highest BCUT2D eigenvalue weighted by atomic mass is 16.6. The van der Waals surface area contributed by atoms with Crippen LogP contribution in [-0.2, 0) is 0 Å². The van der Waals surface area contributed by atoms with Gasteiger partial charge in [0, 0.05) is 17.7 Å². The van der Waals surface area contributed by atoms with Gasteiger partial charge in [-0.2, -0.15) is 0 Å². The van der Waals surface area contributed by atoms with Gasteiger partial charge < -0.3 is 0 Å². The Morgan fingerprint density at radius 1 is 0.733 bits per heavy atom. The fourth-order valence-corrected chi connectivity index (χ4v) is 4.11. The van der Waals surface area contributed by atoms with Gasteiger partial charge in [-0.1, -0.05) is 84.9 Å². The lowest BCUT2D eigenvalue weighted by atomic mass is 9.81. The van der Waals surface area contributed by atoms with Gasteiger partial charge >= 0.3 is 0 Å². The highest BCUT2D eigenvalue weighted by Gasteiger charge is 2.29. The van der Waals surface area contributed by atoms with Crippen molar-refractivity contribution < 1.29 is 4.92 Å². The lowest BCUT2D eigenvalue weighted by Gasteiger charge is -2.21. The third-order valence-electron chi connectivity index (χ3n) is 5.47. The van der Waals surface area contributed by atoms with Crippen LogP contribution >= 0.6 is 0 Å². The highest BCUT2D eigenvalue weighted by molar-refractivity contribution is 6.11. The van der Waals surface area contributed by atoms with E-state index in [0.29, 0.717) is 0 Å². The summed E-state index contributed by atoms with van der Waals surface area (Å²) >= 11 is 0. The summed E-state index contributed by atoms with van der Waals surface area (Å²) < 4.78 is 0. The van der Waals surface area contributed by atoms with Crippen LogP contribution in [0.1, 0.15) is 22.6 Å². The van der Waals surface area contributed by atoms with Crippen LogP contribution < -0.4 is 0 Å². The van der Waals surface area contributed by atoms with E-state index in [-0.39, 0.29) is 16.5 Å². The minimum atomic E-state index is -0.357. The molecule has 0 aliphatic carbocycles. The van der Waals surface area contributed by atoms with Crippen molar-refractivity contribution in [3.05, 3.63) is 130 Å². The molecule has 4 heteroatoms. The fraction of sp³-hybridized carbons (Fsp3) is 0.0385. The number of fused-ring (bicyclic) bond motifs is 3. The lowest BCUT2D eigenvalue weighted by Crippen LogP contribution is -2.15. The molecule has 4 aromatic rings. The lowest BCUT2D eigenvalue weighted by molar-refractivity contribution is -0.384. The Kier molecular flexibility index (Phi) is 4.45. The van der Waals surface area contributed by atoms with Crippen molar-refractivity contribution in [2.75, 3.05) is 0 Å². The Morgan fingerprint density at radius 3 is 2.13 bits per heavy atom. The zero-order valence-electron chi connectivity index (χ0n) is 16.1. The average Bonchev–Trinajstić information content (AvgIpc) is 2.94. The monoisotopic (exact) mass is 390 g/mol. The number of hydrogen-bond acceptors (Lipinski definition) is 3. The van der Waals surface area contributed by atoms with Gasteiger partial charge in [0.2, 0.25) is 0 Å². The average molecular weight is 390 g/mol. The third-order valence-corrected chi connectivity index (χ3v) is 5.47. The minimum absolute atomic E-state index is 0.0678. The molecule has 5 rings (SSSR count). The molecule has 1 heterocycles. The molecule has 1 aliphatic heterocycles. The first-order valence-electron chi connectivity index (χ1n) is 9.79. The number of nitro groups is 1. The first kappa shape index (κ1) is 18.0. The van der Waals surface area contributed by atoms with Gasteiger partial charge in [-0.3, -0.25) is 15.1 Å². The Morgan fingerprint density at radius 2 is 1.40 bits per heavy atom. The molecule has 144 valence electrons. The van der Waals surface area contributed by atoms with Gasteiger partial charge in [-0.05, 0) is 28.3 Å². The van der Waals surface area contributed by atoms with E-state index >= 15 is 0 Å². The van der Waals surface area contributed by atoms with E-state index in [4.69, 9.17) is 4.99 Å². The molecule has 30 heavy (non-hydrogen) atoms. The van der Waals surface area contributed by atoms with Crippen LogP contribution in [0.5, 0.6) is 0 Å². The van der Waals surface area contributed by atoms with E-state index in [9.17, 15) is 10.1 Å². The Labute approximate surface area is 174 Å². The minimum Gasteiger partial charge on any atom is -0.258 e. The summed E-state index contributed by atoms with van der Waals surface area (Å²) in [5.41, 5.74) is 6.75. The maximum absolute atomic E-state index is 11.4. The van der Waals surface area contributed by atoms with Gasteiger partial charge in [0.1, 0.15) is 0 Å². The summed E-state index contributed by atoms with van der Waals surface area (Å²) in [4.78, 5) is 16.1. The van der Waals surface area contributed by atoms with Gasteiger partial charge in [-0.25, -0.2) is 0 Å². The number of aliphatic imine (C=N–C) groups is 1. The van der Waals surface area contributed by atoms with E-state index in [1.165, 1.54) is 6.07 Å². The second-order valence-corrected chi connectivity index (χ2v) is 7.25. The first-order chi connectivity index (χ1) is 14.7. The van der Waals surface area contributed by atoms with Crippen molar-refractivity contribution in [1.29, 1.82) is 0 Å². The van der Waals surface area contributed by atoms with E-state index in [1.54, 1.807) is 12.1 Å². The number of nitrogens with zero attached hydrogens (tertiary/aromatic N) is 2. The third kappa shape index (κ3) is 3.08. The predicted molar refractivity (Wildman–Crippen MR) is 119 cm³/mol. The van der Waals surface area contributed by atoms with Gasteiger partial charge in [0.15, 0.2) is 0 Å². The number of benzene rings is 4. The van der Waals surface area contributed by atoms with Crippen molar-refractivity contribution in [3.8, 4) is 11.1 Å². The molecule has 0 saturated carbocycles. The number of non-ortho nitro benzene ring substituents is 1. The summed E-state index contributed by atoms with van der Waals surface area (Å²) in [6.07, 6.45) is 0. The molecule has 0 unspecified atom stereocenters. The molecule has 0 aromatic heterocycles. The molecule has 4 aromatic carbocycles. The van der Waals surface area contributed by atoms with Crippen molar-refractivity contribution >= 4 is 17.1 Å². The molecule has 0 bridgehead atoms. The van der Waals surface area contributed by atoms with Gasteiger partial charge in [0.05, 0.1) is 22.2 Å². The van der Waals surface area contributed by atoms with E-state index in [0.717, 1.165) is 39.2 Å². The zero-order chi connectivity index (χ0) is 20.5. The molecule has 0 N–H and O–H groups in total. The van der Waals surface area contributed by atoms with E-state index in [1.807, 2.05) is 54.6 Å². The molecule has 4 nitrogen and oxygen atoms in total. The van der Waals surface area contributed by atoms with Crippen LogP contribution in [0.2, 0.25) is 0 Å². The molecule has 0 saturated heterocycles. The largest absolute Gasteiger partial charge is 0.270 e. The molecule has 0 fully saturated rings. The van der Waals surface area contributed by atoms with Crippen molar-refractivity contribution in [1.82, 2.24) is 0 Å². The van der Waals surface area contributed by atoms with Crippen molar-refractivity contribution in [3.63, 3.8) is 0 Å². The SMILES string of the molecule is O=[N+]([O-])c1ccc2c(c1)-c1ccccc1[C@H](c1ccccc1)C(c1ccccc1)=N2. The summed E-state index contributed by atoms with van der Waals surface area (Å²) in [7, 11) is 0. The quantitative estimate of drug-likeness (QED) is 0.295. The Hall–Kier alpha value is -4.05. The van der Waals surface area contributed by atoms with Crippen LogP contribution in [0.4, 0.5) is 11.4 Å². The van der Waals surface area contributed by atoms with Crippen LogP contribution in [-0.4, -0.2) is 10.6 Å². The molecule has 1 aliphatic rings. The van der Waals surface area contributed by atoms with Crippen LogP contribution in [0.25, 0.3) is 11.1 Å². The summed E-state index contributed by atoms with van der Waals surface area (Å²) in [6, 6.07) is 33.4. The number of rotatable bonds is 3. The molecule has 1 atom stereocenters. The molecular weight excluding hydrogens is 372 g/mol. The summed E-state index contributed by atoms with van der Waals surface area (Å²) in [5.74, 6) is -0.0868. The van der Waals surface area contributed by atoms with Crippen LogP contribution in [0.15, 0.2) is 108 Å². The second-order valence-electron chi connectivity index (χ2n) is 7.25. The molecule has 0 spiro atoms.